The maximum Gasteiger partial charge on any atom is 0.459 e. The second-order valence-electron chi connectivity index (χ2n) is 4.71. The summed E-state index contributed by atoms with van der Waals surface area (Å²) in [5.41, 5.74) is 0.0357. The standard InChI is InChI=1S/C14H15F7O2/c1-3-23-10-6-4-9(5-7-10)11(22-2)8-12(15,16)13(17,18)14(19,20)21/h4-7,11H,3,8H2,1-2H3. The molecule has 1 unspecified atom stereocenters. The summed E-state index contributed by atoms with van der Waals surface area (Å²) >= 11 is 0. The number of ether oxygens (including phenoxy) is 2. The third kappa shape index (κ3) is 4.27. The lowest BCUT2D eigenvalue weighted by Crippen LogP contribution is -2.52. The molecule has 0 spiro atoms. The molecule has 0 heterocycles. The Morgan fingerprint density at radius 1 is 0.957 bits per heavy atom. The van der Waals surface area contributed by atoms with Gasteiger partial charge in [0.05, 0.1) is 12.7 Å². The Morgan fingerprint density at radius 3 is 1.87 bits per heavy atom. The van der Waals surface area contributed by atoms with Gasteiger partial charge < -0.3 is 9.47 Å². The van der Waals surface area contributed by atoms with E-state index in [1.54, 1.807) is 6.92 Å². The SMILES string of the molecule is CCOc1ccc(C(CC(F)(F)C(F)(F)C(F)(F)F)OC)cc1. The fourth-order valence-corrected chi connectivity index (χ4v) is 1.85. The first-order chi connectivity index (χ1) is 10.5. The van der Waals surface area contributed by atoms with Crippen LogP contribution < -0.4 is 4.74 Å². The molecule has 0 saturated heterocycles. The van der Waals surface area contributed by atoms with E-state index in [1.165, 1.54) is 24.3 Å². The van der Waals surface area contributed by atoms with E-state index < -0.39 is 30.5 Å². The van der Waals surface area contributed by atoms with E-state index in [1.807, 2.05) is 0 Å². The summed E-state index contributed by atoms with van der Waals surface area (Å²) in [6, 6.07) is 5.29. The third-order valence-electron chi connectivity index (χ3n) is 3.10. The highest BCUT2D eigenvalue weighted by Gasteiger charge is 2.73. The topological polar surface area (TPSA) is 18.5 Å². The normalized spacial score (nSPS) is 14.7. The minimum atomic E-state index is -6.35. The highest BCUT2D eigenvalue weighted by molar-refractivity contribution is 5.29. The molecule has 0 aromatic heterocycles. The largest absolute Gasteiger partial charge is 0.494 e. The number of hydrogen-bond donors (Lipinski definition) is 0. The zero-order valence-corrected chi connectivity index (χ0v) is 12.3. The van der Waals surface area contributed by atoms with E-state index in [4.69, 9.17) is 4.74 Å². The number of alkyl halides is 7. The first-order valence-corrected chi connectivity index (χ1v) is 6.54. The van der Waals surface area contributed by atoms with Gasteiger partial charge in [0.2, 0.25) is 0 Å². The molecule has 1 rings (SSSR count). The average Bonchev–Trinajstić information content (AvgIpc) is 2.44. The van der Waals surface area contributed by atoms with Gasteiger partial charge in [0.1, 0.15) is 5.75 Å². The van der Waals surface area contributed by atoms with E-state index in [9.17, 15) is 30.7 Å². The van der Waals surface area contributed by atoms with Crippen molar-refractivity contribution in [3.8, 4) is 5.75 Å². The lowest BCUT2D eigenvalue weighted by atomic mass is 9.98. The molecule has 23 heavy (non-hydrogen) atoms. The molecular weight excluding hydrogens is 333 g/mol. The van der Waals surface area contributed by atoms with Crippen LogP contribution in [-0.2, 0) is 4.74 Å². The van der Waals surface area contributed by atoms with Crippen LogP contribution in [-0.4, -0.2) is 31.7 Å². The van der Waals surface area contributed by atoms with Crippen molar-refractivity contribution in [3.05, 3.63) is 29.8 Å². The van der Waals surface area contributed by atoms with Gasteiger partial charge in [-0.15, -0.1) is 0 Å². The Hall–Kier alpha value is -1.51. The molecule has 9 heteroatoms. The maximum atomic E-state index is 13.4. The Balaban J connectivity index is 2.98. The van der Waals surface area contributed by atoms with Crippen LogP contribution in [0.25, 0.3) is 0 Å². The van der Waals surface area contributed by atoms with E-state index in [2.05, 4.69) is 4.74 Å². The van der Waals surface area contributed by atoms with Gasteiger partial charge in [-0.05, 0) is 24.6 Å². The van der Waals surface area contributed by atoms with Crippen LogP contribution in [0.1, 0.15) is 25.0 Å². The monoisotopic (exact) mass is 348 g/mol. The molecule has 0 aliphatic heterocycles. The fraction of sp³-hybridized carbons (Fsp3) is 0.571. The molecular formula is C14H15F7O2. The molecule has 1 aromatic carbocycles. The van der Waals surface area contributed by atoms with Gasteiger partial charge in [-0.2, -0.15) is 30.7 Å². The molecule has 132 valence electrons. The predicted octanol–water partition coefficient (Wildman–Crippen LogP) is 5.00. The molecule has 0 bridgehead atoms. The summed E-state index contributed by atoms with van der Waals surface area (Å²) in [5, 5.41) is 0. The number of halogens is 7. The third-order valence-corrected chi connectivity index (χ3v) is 3.10. The summed E-state index contributed by atoms with van der Waals surface area (Å²) in [6.07, 6.45) is -9.80. The van der Waals surface area contributed by atoms with E-state index >= 15 is 0 Å². The van der Waals surface area contributed by atoms with Gasteiger partial charge in [-0.25, -0.2) is 0 Å². The van der Waals surface area contributed by atoms with Gasteiger partial charge in [-0.3, -0.25) is 0 Å². The predicted molar refractivity (Wildman–Crippen MR) is 67.9 cm³/mol. The molecule has 2 nitrogen and oxygen atoms in total. The highest BCUT2D eigenvalue weighted by Crippen LogP contribution is 2.50. The average molecular weight is 348 g/mol. The number of methoxy groups -OCH3 is 1. The van der Waals surface area contributed by atoms with Gasteiger partial charge in [0.15, 0.2) is 0 Å². The molecule has 0 fully saturated rings. The minimum absolute atomic E-state index is 0.0357. The first kappa shape index (κ1) is 19.5. The summed E-state index contributed by atoms with van der Waals surface area (Å²) < 4.78 is 98.9. The summed E-state index contributed by atoms with van der Waals surface area (Å²) in [4.78, 5) is 0. The molecule has 1 aromatic rings. The molecule has 0 N–H and O–H groups in total. The van der Waals surface area contributed by atoms with Crippen LogP contribution in [0.2, 0.25) is 0 Å². The Morgan fingerprint density at radius 2 is 1.48 bits per heavy atom. The molecule has 0 radical (unpaired) electrons. The van der Waals surface area contributed by atoms with Crippen molar-refractivity contribution in [1.82, 2.24) is 0 Å². The van der Waals surface area contributed by atoms with E-state index in [0.29, 0.717) is 12.4 Å². The second-order valence-corrected chi connectivity index (χ2v) is 4.71. The van der Waals surface area contributed by atoms with Crippen LogP contribution >= 0.6 is 0 Å². The van der Waals surface area contributed by atoms with Crippen LogP contribution in [0.3, 0.4) is 0 Å². The van der Waals surface area contributed by atoms with Gasteiger partial charge >= 0.3 is 18.0 Å². The van der Waals surface area contributed by atoms with Crippen molar-refractivity contribution < 1.29 is 40.2 Å². The molecule has 0 saturated carbocycles. The molecule has 0 amide bonds. The van der Waals surface area contributed by atoms with Crippen molar-refractivity contribution in [1.29, 1.82) is 0 Å². The van der Waals surface area contributed by atoms with Crippen molar-refractivity contribution >= 4 is 0 Å². The quantitative estimate of drug-likeness (QED) is 0.646. The van der Waals surface area contributed by atoms with Gasteiger partial charge in [0.25, 0.3) is 0 Å². The van der Waals surface area contributed by atoms with Gasteiger partial charge in [0, 0.05) is 13.5 Å². The van der Waals surface area contributed by atoms with E-state index in [0.717, 1.165) is 7.11 Å². The highest BCUT2D eigenvalue weighted by atomic mass is 19.4. The maximum absolute atomic E-state index is 13.4. The fourth-order valence-electron chi connectivity index (χ4n) is 1.85. The number of benzene rings is 1. The minimum Gasteiger partial charge on any atom is -0.494 e. The Labute approximate surface area is 128 Å². The van der Waals surface area contributed by atoms with Gasteiger partial charge in [-0.1, -0.05) is 12.1 Å². The molecule has 0 aliphatic carbocycles. The van der Waals surface area contributed by atoms with Crippen molar-refractivity contribution in [2.45, 2.75) is 37.5 Å². The zero-order valence-electron chi connectivity index (χ0n) is 12.3. The number of rotatable bonds is 7. The van der Waals surface area contributed by atoms with Crippen LogP contribution in [0.4, 0.5) is 30.7 Å². The van der Waals surface area contributed by atoms with Crippen molar-refractivity contribution in [3.63, 3.8) is 0 Å². The molecule has 1 atom stereocenters. The van der Waals surface area contributed by atoms with Crippen LogP contribution in [0, 0.1) is 0 Å². The summed E-state index contributed by atoms with van der Waals surface area (Å²) in [7, 11) is 0.947. The Kier molecular flexibility index (Phi) is 5.89. The number of hydrogen-bond acceptors (Lipinski definition) is 2. The van der Waals surface area contributed by atoms with Crippen molar-refractivity contribution in [2.24, 2.45) is 0 Å². The summed E-state index contributed by atoms with van der Waals surface area (Å²) in [6.45, 7) is 2.06. The smallest absolute Gasteiger partial charge is 0.459 e. The summed E-state index contributed by atoms with van der Waals surface area (Å²) in [5.74, 6) is -11.1. The zero-order chi connectivity index (χ0) is 17.9. The van der Waals surface area contributed by atoms with E-state index in [-0.39, 0.29) is 5.56 Å². The van der Waals surface area contributed by atoms with Crippen LogP contribution in [0.15, 0.2) is 24.3 Å². The molecule has 0 aliphatic rings. The van der Waals surface area contributed by atoms with Crippen molar-refractivity contribution in [2.75, 3.05) is 13.7 Å². The Bertz CT molecular complexity index is 497. The van der Waals surface area contributed by atoms with Crippen LogP contribution in [0.5, 0.6) is 5.75 Å². The second kappa shape index (κ2) is 6.94. The lowest BCUT2D eigenvalue weighted by Gasteiger charge is -2.30. The first-order valence-electron chi connectivity index (χ1n) is 6.54. The lowest BCUT2D eigenvalue weighted by molar-refractivity contribution is -0.358.